The first kappa shape index (κ1) is 12.4. The Balaban J connectivity index is 2.43. The van der Waals surface area contributed by atoms with Crippen molar-refractivity contribution in [1.82, 2.24) is 5.32 Å². The van der Waals surface area contributed by atoms with Crippen molar-refractivity contribution in [1.29, 1.82) is 0 Å². The molecule has 0 saturated heterocycles. The molecule has 0 aromatic heterocycles. The summed E-state index contributed by atoms with van der Waals surface area (Å²) in [5.74, 6) is -0.723. The molecule has 15 heavy (non-hydrogen) atoms. The molecule has 1 fully saturated rings. The highest BCUT2D eigenvalue weighted by atomic mass is 19.3. The van der Waals surface area contributed by atoms with E-state index in [1.54, 1.807) is 0 Å². The summed E-state index contributed by atoms with van der Waals surface area (Å²) >= 11 is 0. The van der Waals surface area contributed by atoms with Gasteiger partial charge < -0.3 is 5.32 Å². The molecule has 88 valence electrons. The Labute approximate surface area is 89.4 Å². The maximum Gasteiger partial charge on any atom is 0.315 e. The summed E-state index contributed by atoms with van der Waals surface area (Å²) in [4.78, 5) is 10.9. The first-order chi connectivity index (χ1) is 7.15. The molecule has 0 aromatic carbocycles. The van der Waals surface area contributed by atoms with E-state index >= 15 is 0 Å². The predicted octanol–water partition coefficient (Wildman–Crippen LogP) is 2.73. The van der Waals surface area contributed by atoms with Crippen molar-refractivity contribution in [3.8, 4) is 0 Å². The average molecular weight is 219 g/mol. The Bertz CT molecular complexity index is 203. The molecule has 4 heteroatoms. The van der Waals surface area contributed by atoms with Crippen LogP contribution in [0.15, 0.2) is 0 Å². The fourth-order valence-corrected chi connectivity index (χ4v) is 2.34. The molecule has 0 bridgehead atoms. The molecular weight excluding hydrogens is 200 g/mol. The molecule has 0 spiro atoms. The third-order valence-electron chi connectivity index (χ3n) is 3.18. The number of amides is 1. The summed E-state index contributed by atoms with van der Waals surface area (Å²) in [5.41, 5.74) is 0. The van der Waals surface area contributed by atoms with E-state index in [9.17, 15) is 13.6 Å². The van der Waals surface area contributed by atoms with Crippen LogP contribution in [0, 0.1) is 5.92 Å². The van der Waals surface area contributed by atoms with Crippen LogP contribution in [0.2, 0.25) is 0 Å². The van der Waals surface area contributed by atoms with Crippen LogP contribution < -0.4 is 5.32 Å². The standard InChI is InChI=1S/C11H19F2NO/c1-2-9(14-11(15)10(12)13)8-6-4-3-5-7-8/h8-10H,2-7H2,1H3,(H,14,15). The first-order valence-corrected chi connectivity index (χ1v) is 5.73. The zero-order valence-electron chi connectivity index (χ0n) is 9.14. The van der Waals surface area contributed by atoms with Crippen LogP contribution in [-0.4, -0.2) is 18.4 Å². The summed E-state index contributed by atoms with van der Waals surface area (Å²) in [7, 11) is 0. The monoisotopic (exact) mass is 219 g/mol. The quantitative estimate of drug-likeness (QED) is 0.774. The molecule has 1 amide bonds. The predicted molar refractivity (Wildman–Crippen MR) is 54.8 cm³/mol. The third-order valence-corrected chi connectivity index (χ3v) is 3.18. The first-order valence-electron chi connectivity index (χ1n) is 5.73. The largest absolute Gasteiger partial charge is 0.348 e. The molecule has 0 aliphatic heterocycles. The van der Waals surface area contributed by atoms with Crippen molar-refractivity contribution in [2.45, 2.75) is 57.9 Å². The summed E-state index contributed by atoms with van der Waals surface area (Å²) in [6.07, 6.45) is 3.52. The van der Waals surface area contributed by atoms with Crippen molar-refractivity contribution in [3.63, 3.8) is 0 Å². The molecular formula is C11H19F2NO. The number of hydrogen-bond donors (Lipinski definition) is 1. The molecule has 1 rings (SSSR count). The highest BCUT2D eigenvalue weighted by molar-refractivity contribution is 5.79. The fourth-order valence-electron chi connectivity index (χ4n) is 2.34. The van der Waals surface area contributed by atoms with Crippen LogP contribution in [0.3, 0.4) is 0 Å². The fraction of sp³-hybridized carbons (Fsp3) is 0.909. The lowest BCUT2D eigenvalue weighted by atomic mass is 9.83. The van der Waals surface area contributed by atoms with Crippen molar-refractivity contribution in [2.24, 2.45) is 5.92 Å². The maximum absolute atomic E-state index is 12.1. The molecule has 1 aliphatic carbocycles. The van der Waals surface area contributed by atoms with E-state index in [2.05, 4.69) is 5.32 Å². The highest BCUT2D eigenvalue weighted by Gasteiger charge is 2.26. The Hall–Kier alpha value is -0.670. The van der Waals surface area contributed by atoms with Gasteiger partial charge in [-0.15, -0.1) is 0 Å². The summed E-state index contributed by atoms with van der Waals surface area (Å²) in [5, 5.41) is 2.45. The molecule has 0 heterocycles. The minimum Gasteiger partial charge on any atom is -0.348 e. The molecule has 1 N–H and O–H groups in total. The van der Waals surface area contributed by atoms with Crippen molar-refractivity contribution in [3.05, 3.63) is 0 Å². The zero-order valence-corrected chi connectivity index (χ0v) is 9.14. The van der Waals surface area contributed by atoms with Gasteiger partial charge in [-0.2, -0.15) is 8.78 Å². The number of carbonyl (C=O) groups is 1. The SMILES string of the molecule is CCC(NC(=O)C(F)F)C1CCCCC1. The van der Waals surface area contributed by atoms with E-state index in [-0.39, 0.29) is 6.04 Å². The summed E-state index contributed by atoms with van der Waals surface area (Å²) < 4.78 is 24.2. The lowest BCUT2D eigenvalue weighted by molar-refractivity contribution is -0.133. The number of rotatable bonds is 4. The van der Waals surface area contributed by atoms with E-state index in [0.29, 0.717) is 5.92 Å². The van der Waals surface area contributed by atoms with Crippen LogP contribution in [0.5, 0.6) is 0 Å². The Kier molecular flexibility index (Phi) is 4.99. The van der Waals surface area contributed by atoms with Gasteiger partial charge in [-0.05, 0) is 25.2 Å². The van der Waals surface area contributed by atoms with Gasteiger partial charge in [0.2, 0.25) is 0 Å². The minimum atomic E-state index is -2.89. The topological polar surface area (TPSA) is 29.1 Å². The van der Waals surface area contributed by atoms with Crippen molar-refractivity contribution >= 4 is 5.91 Å². The van der Waals surface area contributed by atoms with Crippen molar-refractivity contribution in [2.75, 3.05) is 0 Å². The smallest absolute Gasteiger partial charge is 0.315 e. The molecule has 0 aromatic rings. The van der Waals surface area contributed by atoms with Crippen LogP contribution in [0.25, 0.3) is 0 Å². The van der Waals surface area contributed by atoms with E-state index < -0.39 is 12.3 Å². The van der Waals surface area contributed by atoms with Gasteiger partial charge in [0.25, 0.3) is 5.91 Å². The van der Waals surface area contributed by atoms with Crippen LogP contribution in [-0.2, 0) is 4.79 Å². The third kappa shape index (κ3) is 3.76. The summed E-state index contributed by atoms with van der Waals surface area (Å²) in [6.45, 7) is 1.94. The molecule has 1 saturated carbocycles. The number of halogens is 2. The second-order valence-electron chi connectivity index (χ2n) is 4.22. The van der Waals surface area contributed by atoms with Gasteiger partial charge in [0, 0.05) is 6.04 Å². The second kappa shape index (κ2) is 6.03. The van der Waals surface area contributed by atoms with E-state index in [0.717, 1.165) is 32.1 Å². The number of hydrogen-bond acceptors (Lipinski definition) is 1. The lowest BCUT2D eigenvalue weighted by Crippen LogP contribution is -2.43. The Morgan fingerprint density at radius 2 is 1.93 bits per heavy atom. The van der Waals surface area contributed by atoms with Gasteiger partial charge in [0.1, 0.15) is 0 Å². The van der Waals surface area contributed by atoms with Gasteiger partial charge in [0.05, 0.1) is 0 Å². The molecule has 1 aliphatic rings. The maximum atomic E-state index is 12.1. The second-order valence-corrected chi connectivity index (χ2v) is 4.22. The van der Waals surface area contributed by atoms with E-state index in [1.807, 2.05) is 6.92 Å². The number of nitrogens with one attached hydrogen (secondary N) is 1. The van der Waals surface area contributed by atoms with Crippen molar-refractivity contribution < 1.29 is 13.6 Å². The van der Waals surface area contributed by atoms with Crippen LogP contribution in [0.4, 0.5) is 8.78 Å². The average Bonchev–Trinajstić information content (AvgIpc) is 2.26. The van der Waals surface area contributed by atoms with Gasteiger partial charge in [0.15, 0.2) is 0 Å². The van der Waals surface area contributed by atoms with Gasteiger partial charge in [-0.25, -0.2) is 0 Å². The number of carbonyl (C=O) groups excluding carboxylic acids is 1. The Morgan fingerprint density at radius 1 is 1.33 bits per heavy atom. The summed E-state index contributed by atoms with van der Waals surface area (Å²) in [6, 6.07) is -0.0631. The zero-order chi connectivity index (χ0) is 11.3. The van der Waals surface area contributed by atoms with Gasteiger partial charge >= 0.3 is 6.43 Å². The van der Waals surface area contributed by atoms with Crippen LogP contribution >= 0.6 is 0 Å². The number of alkyl halides is 2. The lowest BCUT2D eigenvalue weighted by Gasteiger charge is -2.30. The van der Waals surface area contributed by atoms with E-state index in [4.69, 9.17) is 0 Å². The molecule has 2 nitrogen and oxygen atoms in total. The molecule has 0 radical (unpaired) electrons. The minimum absolute atomic E-state index is 0.0631. The van der Waals surface area contributed by atoms with Gasteiger partial charge in [-0.3, -0.25) is 4.79 Å². The molecule has 1 atom stereocenters. The molecule has 1 unspecified atom stereocenters. The van der Waals surface area contributed by atoms with Gasteiger partial charge in [-0.1, -0.05) is 26.2 Å². The van der Waals surface area contributed by atoms with E-state index in [1.165, 1.54) is 6.42 Å². The van der Waals surface area contributed by atoms with Crippen LogP contribution in [0.1, 0.15) is 45.4 Å². The highest BCUT2D eigenvalue weighted by Crippen LogP contribution is 2.27. The Morgan fingerprint density at radius 3 is 2.40 bits per heavy atom. The normalized spacial score (nSPS) is 20.3.